The molecule has 100 valence electrons. The minimum absolute atomic E-state index is 0.106. The molecule has 18 heavy (non-hydrogen) atoms. The molecule has 0 radical (unpaired) electrons. The summed E-state index contributed by atoms with van der Waals surface area (Å²) in [4.78, 5) is 11.7. The summed E-state index contributed by atoms with van der Waals surface area (Å²) < 4.78 is 2.03. The minimum atomic E-state index is 0.106. The van der Waals surface area contributed by atoms with Crippen molar-refractivity contribution in [3.8, 4) is 0 Å². The zero-order valence-corrected chi connectivity index (χ0v) is 12.1. The lowest BCUT2D eigenvalue weighted by molar-refractivity contribution is -0.116. The van der Waals surface area contributed by atoms with Crippen molar-refractivity contribution in [2.75, 3.05) is 17.3 Å². The first-order chi connectivity index (χ1) is 8.67. The van der Waals surface area contributed by atoms with Gasteiger partial charge >= 0.3 is 0 Å². The van der Waals surface area contributed by atoms with E-state index in [0.29, 0.717) is 12.3 Å². The van der Waals surface area contributed by atoms with E-state index in [4.69, 9.17) is 0 Å². The summed E-state index contributed by atoms with van der Waals surface area (Å²) >= 11 is 1.84. The van der Waals surface area contributed by atoms with Gasteiger partial charge in [0.05, 0.1) is 0 Å². The summed E-state index contributed by atoms with van der Waals surface area (Å²) in [5.41, 5.74) is 2.48. The van der Waals surface area contributed by atoms with Crippen molar-refractivity contribution >= 4 is 23.5 Å². The number of thioether (sulfide) groups is 1. The first-order valence-electron chi connectivity index (χ1n) is 6.53. The Morgan fingerprint density at radius 3 is 3.00 bits per heavy atom. The fraction of sp³-hybridized carbons (Fsp3) is 0.692. The number of carbonyl (C=O) groups excluding carboxylic acids is 1. The molecule has 1 aromatic rings. The van der Waals surface area contributed by atoms with Crippen LogP contribution in [0, 0.1) is 6.92 Å². The molecule has 1 aliphatic heterocycles. The van der Waals surface area contributed by atoms with Gasteiger partial charge in [0.1, 0.15) is 0 Å². The van der Waals surface area contributed by atoms with Crippen molar-refractivity contribution in [2.45, 2.75) is 45.6 Å². The highest BCUT2D eigenvalue weighted by atomic mass is 32.2. The molecule has 1 N–H and O–H groups in total. The van der Waals surface area contributed by atoms with Gasteiger partial charge in [-0.2, -0.15) is 16.9 Å². The predicted molar refractivity (Wildman–Crippen MR) is 76.2 cm³/mol. The van der Waals surface area contributed by atoms with Gasteiger partial charge in [-0.05, 0) is 37.7 Å². The molecule has 5 heteroatoms. The third kappa shape index (κ3) is 2.55. The van der Waals surface area contributed by atoms with Crippen LogP contribution in [0.15, 0.2) is 0 Å². The Bertz CT molecular complexity index is 442. The van der Waals surface area contributed by atoms with E-state index in [9.17, 15) is 4.79 Å². The van der Waals surface area contributed by atoms with Crippen LogP contribution >= 0.6 is 11.8 Å². The van der Waals surface area contributed by atoms with Crippen LogP contribution in [-0.2, 0) is 11.3 Å². The van der Waals surface area contributed by atoms with Crippen LogP contribution < -0.4 is 5.32 Å². The molecule has 0 saturated heterocycles. The highest BCUT2D eigenvalue weighted by Crippen LogP contribution is 2.36. The van der Waals surface area contributed by atoms with Crippen LogP contribution in [0.25, 0.3) is 0 Å². The molecular formula is C13H21N3OS. The van der Waals surface area contributed by atoms with Crippen LogP contribution in [0.2, 0.25) is 0 Å². The maximum Gasteiger partial charge on any atom is 0.226 e. The quantitative estimate of drug-likeness (QED) is 0.892. The van der Waals surface area contributed by atoms with E-state index in [1.165, 1.54) is 11.3 Å². The number of nitrogens with one attached hydrogen (secondary N) is 1. The normalized spacial score (nSPS) is 18.6. The number of fused-ring (bicyclic) bond motifs is 1. The molecule has 0 saturated carbocycles. The van der Waals surface area contributed by atoms with Crippen molar-refractivity contribution in [3.63, 3.8) is 0 Å². The second-order valence-corrected chi connectivity index (χ2v) is 5.79. The molecule has 0 aliphatic carbocycles. The summed E-state index contributed by atoms with van der Waals surface area (Å²) in [5.74, 6) is 2.33. The van der Waals surface area contributed by atoms with Crippen molar-refractivity contribution in [1.82, 2.24) is 9.78 Å². The molecule has 0 fully saturated rings. The third-order valence-corrected chi connectivity index (χ3v) is 4.10. The Balaban J connectivity index is 2.30. The molecule has 1 aromatic heterocycles. The van der Waals surface area contributed by atoms with Gasteiger partial charge in [-0.1, -0.05) is 6.92 Å². The van der Waals surface area contributed by atoms with E-state index in [2.05, 4.69) is 30.5 Å². The maximum absolute atomic E-state index is 11.7. The lowest BCUT2D eigenvalue weighted by Gasteiger charge is -2.22. The maximum atomic E-state index is 11.7. The number of aryl methyl sites for hydroxylation is 1. The molecule has 4 nitrogen and oxygen atoms in total. The molecule has 1 aliphatic rings. The topological polar surface area (TPSA) is 46.9 Å². The number of aromatic nitrogens is 2. The monoisotopic (exact) mass is 267 g/mol. The van der Waals surface area contributed by atoms with E-state index in [0.717, 1.165) is 31.0 Å². The average Bonchev–Trinajstić information content (AvgIpc) is 2.64. The summed E-state index contributed by atoms with van der Waals surface area (Å²) in [6.07, 6.45) is 4.83. The number of anilines is 1. The molecule has 0 spiro atoms. The van der Waals surface area contributed by atoms with Crippen LogP contribution in [0.4, 0.5) is 5.82 Å². The van der Waals surface area contributed by atoms with E-state index < -0.39 is 0 Å². The predicted octanol–water partition coefficient (Wildman–Crippen LogP) is 2.78. The fourth-order valence-electron chi connectivity index (χ4n) is 2.59. The highest BCUT2D eigenvalue weighted by Gasteiger charge is 2.30. The number of amides is 1. The molecule has 1 amide bonds. The zero-order chi connectivity index (χ0) is 13.1. The lowest BCUT2D eigenvalue weighted by Crippen LogP contribution is -2.23. The Morgan fingerprint density at radius 2 is 2.33 bits per heavy atom. The molecular weight excluding hydrogens is 246 g/mol. The summed E-state index contributed by atoms with van der Waals surface area (Å²) in [7, 11) is 0. The Kier molecular flexibility index (Phi) is 4.32. The third-order valence-electron chi connectivity index (χ3n) is 3.46. The van der Waals surface area contributed by atoms with Crippen LogP contribution in [-0.4, -0.2) is 27.7 Å². The van der Waals surface area contributed by atoms with Gasteiger partial charge in [0.15, 0.2) is 5.82 Å². The molecule has 2 rings (SSSR count). The van der Waals surface area contributed by atoms with E-state index in [1.807, 2.05) is 16.4 Å². The highest BCUT2D eigenvalue weighted by molar-refractivity contribution is 7.98. The molecule has 1 atom stereocenters. The number of hydrogen-bond acceptors (Lipinski definition) is 3. The smallest absolute Gasteiger partial charge is 0.226 e. The largest absolute Gasteiger partial charge is 0.309 e. The Labute approximate surface area is 113 Å². The van der Waals surface area contributed by atoms with Gasteiger partial charge in [0, 0.05) is 24.2 Å². The lowest BCUT2D eigenvalue weighted by atomic mass is 9.90. The number of nitrogens with zero attached hydrogens (tertiary/aromatic N) is 2. The Morgan fingerprint density at radius 1 is 1.56 bits per heavy atom. The van der Waals surface area contributed by atoms with E-state index in [1.54, 1.807) is 0 Å². The van der Waals surface area contributed by atoms with E-state index in [-0.39, 0.29) is 5.91 Å². The standard InChI is InChI=1S/C13H21N3OS/c1-4-6-16-9(2)12-10(5-7-18-3)8-11(17)14-13(12)15-16/h10H,4-8H2,1-3H3,(H,14,15,17)/t10-/m0/s1. The summed E-state index contributed by atoms with van der Waals surface area (Å²) in [5, 5.41) is 7.43. The summed E-state index contributed by atoms with van der Waals surface area (Å²) in [6, 6.07) is 0. The van der Waals surface area contributed by atoms with Crippen molar-refractivity contribution in [1.29, 1.82) is 0 Å². The number of carbonyl (C=O) groups is 1. The number of hydrogen-bond donors (Lipinski definition) is 1. The fourth-order valence-corrected chi connectivity index (χ4v) is 3.11. The molecule has 0 bridgehead atoms. The molecule has 0 unspecified atom stereocenters. The molecule has 0 aromatic carbocycles. The van der Waals surface area contributed by atoms with Gasteiger partial charge in [0.25, 0.3) is 0 Å². The first kappa shape index (κ1) is 13.5. The van der Waals surface area contributed by atoms with Crippen molar-refractivity contribution in [2.24, 2.45) is 0 Å². The van der Waals surface area contributed by atoms with Gasteiger partial charge in [-0.3, -0.25) is 9.48 Å². The van der Waals surface area contributed by atoms with Crippen molar-refractivity contribution < 1.29 is 4.79 Å². The molecule has 2 heterocycles. The van der Waals surface area contributed by atoms with Crippen LogP contribution in [0.1, 0.15) is 43.4 Å². The van der Waals surface area contributed by atoms with Crippen LogP contribution in [0.5, 0.6) is 0 Å². The van der Waals surface area contributed by atoms with Crippen molar-refractivity contribution in [3.05, 3.63) is 11.3 Å². The minimum Gasteiger partial charge on any atom is -0.309 e. The van der Waals surface area contributed by atoms with Gasteiger partial charge in [-0.25, -0.2) is 0 Å². The number of rotatable bonds is 5. The zero-order valence-electron chi connectivity index (χ0n) is 11.3. The Hall–Kier alpha value is -0.970. The second kappa shape index (κ2) is 5.78. The summed E-state index contributed by atoms with van der Waals surface area (Å²) in [6.45, 7) is 5.18. The van der Waals surface area contributed by atoms with Gasteiger partial charge in [0.2, 0.25) is 5.91 Å². The van der Waals surface area contributed by atoms with Gasteiger partial charge < -0.3 is 5.32 Å². The second-order valence-electron chi connectivity index (χ2n) is 4.80. The van der Waals surface area contributed by atoms with Crippen LogP contribution in [0.3, 0.4) is 0 Å². The SMILES string of the molecule is CCCn1nc2c(c1C)[C@@H](CCSC)CC(=O)N2. The van der Waals surface area contributed by atoms with E-state index >= 15 is 0 Å². The first-order valence-corrected chi connectivity index (χ1v) is 7.92. The average molecular weight is 267 g/mol. The van der Waals surface area contributed by atoms with Gasteiger partial charge in [-0.15, -0.1) is 0 Å².